The molecule has 1 aromatic heterocycles. The third-order valence-electron chi connectivity index (χ3n) is 5.08. The Morgan fingerprint density at radius 2 is 1.92 bits per heavy atom. The van der Waals surface area contributed by atoms with Gasteiger partial charge in [-0.1, -0.05) is 24.3 Å². The number of nitrogens with one attached hydrogen (secondary N) is 2. The van der Waals surface area contributed by atoms with Crippen molar-refractivity contribution in [2.45, 2.75) is 44.3 Å². The summed E-state index contributed by atoms with van der Waals surface area (Å²) >= 11 is 0. The Morgan fingerprint density at radius 3 is 2.71 bits per heavy atom. The molecule has 2 aromatic rings. The summed E-state index contributed by atoms with van der Waals surface area (Å²) in [6, 6.07) is 11.1. The van der Waals surface area contributed by atoms with Crippen LogP contribution in [0.15, 0.2) is 36.5 Å². The van der Waals surface area contributed by atoms with E-state index < -0.39 is 0 Å². The Labute approximate surface area is 142 Å². The van der Waals surface area contributed by atoms with Gasteiger partial charge >= 0.3 is 6.03 Å². The highest BCUT2D eigenvalue weighted by Gasteiger charge is 2.32. The summed E-state index contributed by atoms with van der Waals surface area (Å²) in [5.41, 5.74) is 2.00. The van der Waals surface area contributed by atoms with Crippen LogP contribution in [0.2, 0.25) is 0 Å². The fourth-order valence-electron chi connectivity index (χ4n) is 3.57. The molecule has 0 radical (unpaired) electrons. The number of carbonyl (C=O) groups is 1. The number of fused-ring (bicyclic) bond motifs is 1. The Balaban J connectivity index is 1.28. The number of likely N-dealkylation sites (tertiary alicyclic amines) is 1. The van der Waals surface area contributed by atoms with Gasteiger partial charge in [-0.25, -0.2) is 4.79 Å². The number of aromatic nitrogens is 1. The standard InChI is InChI=1S/C19H24N4O/c24-19(22-16-8-11-23(12-9-16)17-6-7-17)21-13-15-4-1-3-14-5-2-10-20-18(14)15/h1-5,10,16-17H,6-9,11-13H2,(H2,21,22,24). The van der Waals surface area contributed by atoms with Crippen LogP contribution in [0.5, 0.6) is 0 Å². The molecular weight excluding hydrogens is 300 g/mol. The minimum absolute atomic E-state index is 0.0761. The Hall–Kier alpha value is -2.14. The molecule has 5 nitrogen and oxygen atoms in total. The van der Waals surface area contributed by atoms with Crippen molar-refractivity contribution in [3.63, 3.8) is 0 Å². The van der Waals surface area contributed by atoms with Crippen LogP contribution in [0.4, 0.5) is 4.79 Å². The maximum Gasteiger partial charge on any atom is 0.315 e. The lowest BCUT2D eigenvalue weighted by Gasteiger charge is -2.32. The fourth-order valence-corrected chi connectivity index (χ4v) is 3.57. The van der Waals surface area contributed by atoms with Gasteiger partial charge in [-0.15, -0.1) is 0 Å². The first-order valence-corrected chi connectivity index (χ1v) is 8.90. The summed E-state index contributed by atoms with van der Waals surface area (Å²) in [5, 5.41) is 7.20. The molecule has 5 heteroatoms. The van der Waals surface area contributed by atoms with E-state index in [9.17, 15) is 4.79 Å². The number of urea groups is 1. The molecule has 1 saturated carbocycles. The predicted octanol–water partition coefficient (Wildman–Crippen LogP) is 2.66. The Bertz CT molecular complexity index is 715. The molecule has 24 heavy (non-hydrogen) atoms. The van der Waals surface area contributed by atoms with E-state index in [2.05, 4.69) is 20.5 Å². The van der Waals surface area contributed by atoms with Crippen LogP contribution in [0.1, 0.15) is 31.2 Å². The predicted molar refractivity (Wildman–Crippen MR) is 94.7 cm³/mol. The summed E-state index contributed by atoms with van der Waals surface area (Å²) in [6.45, 7) is 2.73. The number of para-hydroxylation sites is 1. The highest BCUT2D eigenvalue weighted by atomic mass is 16.2. The number of amides is 2. The lowest BCUT2D eigenvalue weighted by molar-refractivity contribution is 0.186. The molecule has 1 saturated heterocycles. The normalized spacial score (nSPS) is 19.3. The average molecular weight is 324 g/mol. The number of hydrogen-bond acceptors (Lipinski definition) is 3. The lowest BCUT2D eigenvalue weighted by atomic mass is 10.1. The minimum Gasteiger partial charge on any atom is -0.335 e. The van der Waals surface area contributed by atoms with Crippen LogP contribution in [0.3, 0.4) is 0 Å². The zero-order valence-electron chi connectivity index (χ0n) is 13.9. The molecule has 1 aliphatic heterocycles. The smallest absolute Gasteiger partial charge is 0.315 e. The van der Waals surface area contributed by atoms with Gasteiger partial charge in [0.15, 0.2) is 0 Å². The van der Waals surface area contributed by atoms with Crippen LogP contribution < -0.4 is 10.6 Å². The van der Waals surface area contributed by atoms with Crippen molar-refractivity contribution >= 4 is 16.9 Å². The van der Waals surface area contributed by atoms with Gasteiger partial charge in [-0.2, -0.15) is 0 Å². The first-order chi connectivity index (χ1) is 11.8. The third-order valence-corrected chi connectivity index (χ3v) is 5.08. The topological polar surface area (TPSA) is 57.3 Å². The number of carbonyl (C=O) groups excluding carboxylic acids is 1. The molecule has 1 aromatic carbocycles. The highest BCUT2D eigenvalue weighted by Crippen LogP contribution is 2.29. The van der Waals surface area contributed by atoms with E-state index in [1.165, 1.54) is 12.8 Å². The second kappa shape index (κ2) is 6.77. The molecule has 126 valence electrons. The van der Waals surface area contributed by atoms with Gasteiger partial charge in [-0.3, -0.25) is 4.98 Å². The SMILES string of the molecule is O=C(NCc1cccc2cccnc12)NC1CCN(C2CC2)CC1. The van der Waals surface area contributed by atoms with Crippen molar-refractivity contribution < 1.29 is 4.79 Å². The number of piperidine rings is 1. The number of pyridine rings is 1. The van der Waals surface area contributed by atoms with Gasteiger partial charge in [0, 0.05) is 43.3 Å². The van der Waals surface area contributed by atoms with Crippen molar-refractivity contribution in [1.82, 2.24) is 20.5 Å². The molecule has 1 aliphatic carbocycles. The van der Waals surface area contributed by atoms with Crippen LogP contribution in [-0.4, -0.2) is 41.1 Å². The number of rotatable bonds is 4. The van der Waals surface area contributed by atoms with Crippen molar-refractivity contribution in [2.75, 3.05) is 13.1 Å². The summed E-state index contributed by atoms with van der Waals surface area (Å²) < 4.78 is 0. The van der Waals surface area contributed by atoms with Crippen molar-refractivity contribution in [3.8, 4) is 0 Å². The van der Waals surface area contributed by atoms with Gasteiger partial charge in [0.25, 0.3) is 0 Å². The second-order valence-electron chi connectivity index (χ2n) is 6.86. The lowest BCUT2D eigenvalue weighted by Crippen LogP contribution is -2.48. The van der Waals surface area contributed by atoms with Crippen LogP contribution >= 0.6 is 0 Å². The molecule has 2 heterocycles. The van der Waals surface area contributed by atoms with Gasteiger partial charge in [0.05, 0.1) is 5.52 Å². The number of benzene rings is 1. The van der Waals surface area contributed by atoms with Crippen LogP contribution in [0, 0.1) is 0 Å². The molecule has 2 fully saturated rings. The molecule has 2 aliphatic rings. The van der Waals surface area contributed by atoms with E-state index in [1.807, 2.05) is 30.3 Å². The largest absolute Gasteiger partial charge is 0.335 e. The maximum atomic E-state index is 12.2. The molecule has 2 N–H and O–H groups in total. The zero-order valence-corrected chi connectivity index (χ0v) is 13.9. The number of nitrogens with zero attached hydrogens (tertiary/aromatic N) is 2. The molecule has 4 rings (SSSR count). The van der Waals surface area contributed by atoms with E-state index in [0.717, 1.165) is 48.4 Å². The molecular formula is C19H24N4O. The summed E-state index contributed by atoms with van der Waals surface area (Å²) in [4.78, 5) is 19.2. The monoisotopic (exact) mass is 324 g/mol. The molecule has 0 bridgehead atoms. The van der Waals surface area contributed by atoms with Gasteiger partial charge in [0.1, 0.15) is 0 Å². The van der Waals surface area contributed by atoms with Crippen molar-refractivity contribution in [3.05, 3.63) is 42.1 Å². The number of hydrogen-bond donors (Lipinski definition) is 2. The maximum absolute atomic E-state index is 12.2. The van der Waals surface area contributed by atoms with E-state index >= 15 is 0 Å². The van der Waals surface area contributed by atoms with Crippen molar-refractivity contribution in [1.29, 1.82) is 0 Å². The highest BCUT2D eigenvalue weighted by molar-refractivity contribution is 5.82. The van der Waals surface area contributed by atoms with E-state index in [-0.39, 0.29) is 6.03 Å². The van der Waals surface area contributed by atoms with E-state index in [1.54, 1.807) is 6.20 Å². The first kappa shape index (κ1) is 15.4. The van der Waals surface area contributed by atoms with Gasteiger partial charge in [0.2, 0.25) is 0 Å². The van der Waals surface area contributed by atoms with E-state index in [0.29, 0.717) is 12.6 Å². The minimum atomic E-state index is -0.0761. The van der Waals surface area contributed by atoms with Gasteiger partial charge < -0.3 is 15.5 Å². The second-order valence-corrected chi connectivity index (χ2v) is 6.86. The Kier molecular flexibility index (Phi) is 4.34. The average Bonchev–Trinajstić information content (AvgIpc) is 3.46. The summed E-state index contributed by atoms with van der Waals surface area (Å²) in [7, 11) is 0. The summed E-state index contributed by atoms with van der Waals surface area (Å²) in [6.07, 6.45) is 6.62. The Morgan fingerprint density at radius 1 is 1.12 bits per heavy atom. The van der Waals surface area contributed by atoms with Crippen LogP contribution in [0.25, 0.3) is 10.9 Å². The quantitative estimate of drug-likeness (QED) is 0.909. The fraction of sp³-hybridized carbons (Fsp3) is 0.474. The third kappa shape index (κ3) is 3.51. The van der Waals surface area contributed by atoms with Gasteiger partial charge in [-0.05, 0) is 37.3 Å². The van der Waals surface area contributed by atoms with Crippen molar-refractivity contribution in [2.24, 2.45) is 0 Å². The van der Waals surface area contributed by atoms with E-state index in [4.69, 9.17) is 0 Å². The molecule has 0 spiro atoms. The van der Waals surface area contributed by atoms with Crippen LogP contribution in [-0.2, 0) is 6.54 Å². The zero-order chi connectivity index (χ0) is 16.4. The first-order valence-electron chi connectivity index (χ1n) is 8.90. The molecule has 0 unspecified atom stereocenters. The summed E-state index contributed by atoms with van der Waals surface area (Å²) in [5.74, 6) is 0. The molecule has 2 amide bonds. The molecule has 0 atom stereocenters.